The summed E-state index contributed by atoms with van der Waals surface area (Å²) in [7, 11) is -4.59. The molecule has 0 aromatic rings. The first-order valence-electron chi connectivity index (χ1n) is 10.6. The summed E-state index contributed by atoms with van der Waals surface area (Å²) < 4.78 is 45.9. The van der Waals surface area contributed by atoms with Crippen LogP contribution in [-0.4, -0.2) is 88.4 Å². The van der Waals surface area contributed by atoms with Crippen molar-refractivity contribution in [3.8, 4) is 0 Å². The highest BCUT2D eigenvalue weighted by Crippen LogP contribution is 2.48. The van der Waals surface area contributed by atoms with E-state index in [1.807, 2.05) is 41.5 Å². The first-order chi connectivity index (χ1) is 14.0. The Balaban J connectivity index is 2.00. The number of aliphatic hydroxyl groups is 2. The molecule has 0 aromatic carbocycles. The fraction of sp³-hybridized carbons (Fsp3) is 1.00. The highest BCUT2D eigenvalue weighted by Gasteiger charge is 2.48. The van der Waals surface area contributed by atoms with Crippen LogP contribution in [-0.2, 0) is 32.6 Å². The molecule has 9 atom stereocenters. The smallest absolute Gasteiger partial charge is 0.388 e. The van der Waals surface area contributed by atoms with Gasteiger partial charge < -0.3 is 34.1 Å². The third kappa shape index (κ3) is 7.99. The fourth-order valence-corrected chi connectivity index (χ4v) is 4.44. The van der Waals surface area contributed by atoms with Crippen LogP contribution in [0.25, 0.3) is 0 Å². The van der Waals surface area contributed by atoms with Crippen molar-refractivity contribution < 1.29 is 47.7 Å². The van der Waals surface area contributed by atoms with Gasteiger partial charge in [-0.2, -0.15) is 0 Å². The number of hydrogen-bond donors (Lipinski definition) is 3. The Bertz CT molecular complexity index is 630. The van der Waals surface area contributed by atoms with Crippen LogP contribution in [0, 0.1) is 0 Å². The van der Waals surface area contributed by atoms with E-state index in [2.05, 4.69) is 0 Å². The monoisotopic (exact) mass is 470 g/mol. The number of hydrogen-bond acceptors (Lipinski definition) is 9. The van der Waals surface area contributed by atoms with Crippen molar-refractivity contribution in [2.45, 2.75) is 115 Å². The van der Waals surface area contributed by atoms with Crippen LogP contribution in [0.5, 0.6) is 0 Å². The van der Waals surface area contributed by atoms with Crippen LogP contribution >= 0.6 is 7.82 Å². The number of phosphoric acid groups is 1. The van der Waals surface area contributed by atoms with Crippen LogP contribution < -0.4 is 0 Å². The van der Waals surface area contributed by atoms with E-state index >= 15 is 0 Å². The SMILES string of the molecule is C[C@@H]1O[C@H](COP(=O)(O)O[C@@H]2C(O)[C@H](C)O[C@@H]2COC(C)(C)C)[C@H](OC(C)(C)C)C1O. The summed E-state index contributed by atoms with van der Waals surface area (Å²) in [5, 5.41) is 20.7. The Morgan fingerprint density at radius 1 is 0.839 bits per heavy atom. The minimum Gasteiger partial charge on any atom is -0.388 e. The van der Waals surface area contributed by atoms with Crippen molar-refractivity contribution >= 4 is 7.82 Å². The molecule has 3 unspecified atom stereocenters. The van der Waals surface area contributed by atoms with Gasteiger partial charge in [0, 0.05) is 0 Å². The normalized spacial score (nSPS) is 39.1. The molecule has 0 spiro atoms. The molecule has 2 fully saturated rings. The highest BCUT2D eigenvalue weighted by atomic mass is 31.2. The second-order valence-corrected chi connectivity index (χ2v) is 11.6. The van der Waals surface area contributed by atoms with Gasteiger partial charge >= 0.3 is 7.82 Å². The largest absolute Gasteiger partial charge is 0.472 e. The molecule has 0 radical (unpaired) electrons. The molecular weight excluding hydrogens is 431 g/mol. The molecule has 2 heterocycles. The minimum atomic E-state index is -4.59. The van der Waals surface area contributed by atoms with E-state index in [4.69, 9.17) is 28.0 Å². The van der Waals surface area contributed by atoms with Gasteiger partial charge in [0.15, 0.2) is 0 Å². The van der Waals surface area contributed by atoms with E-state index in [0.29, 0.717) is 0 Å². The Labute approximate surface area is 184 Å². The molecule has 31 heavy (non-hydrogen) atoms. The maximum absolute atomic E-state index is 12.6. The summed E-state index contributed by atoms with van der Waals surface area (Å²) in [6.07, 6.45) is -6.50. The van der Waals surface area contributed by atoms with E-state index in [1.165, 1.54) is 0 Å². The van der Waals surface area contributed by atoms with Crippen molar-refractivity contribution in [2.75, 3.05) is 13.2 Å². The molecule has 2 rings (SSSR count). The lowest BCUT2D eigenvalue weighted by atomic mass is 10.1. The van der Waals surface area contributed by atoms with Crippen LogP contribution in [0.1, 0.15) is 55.4 Å². The summed E-state index contributed by atoms with van der Waals surface area (Å²) in [5.74, 6) is 0. The zero-order valence-electron chi connectivity index (χ0n) is 19.7. The molecule has 0 aromatic heterocycles. The van der Waals surface area contributed by atoms with Gasteiger partial charge in [0.25, 0.3) is 0 Å². The molecule has 0 aliphatic carbocycles. The summed E-state index contributed by atoms with van der Waals surface area (Å²) in [6, 6.07) is 0. The van der Waals surface area contributed by atoms with Gasteiger partial charge in [-0.1, -0.05) is 0 Å². The van der Waals surface area contributed by atoms with E-state index in [0.717, 1.165) is 0 Å². The average molecular weight is 470 g/mol. The topological polar surface area (TPSA) is 133 Å². The minimum absolute atomic E-state index is 0.0759. The van der Waals surface area contributed by atoms with Gasteiger partial charge in [-0.05, 0) is 55.4 Å². The van der Waals surface area contributed by atoms with E-state index in [-0.39, 0.29) is 13.2 Å². The summed E-state index contributed by atoms with van der Waals surface area (Å²) in [4.78, 5) is 10.3. The second kappa shape index (κ2) is 10.0. The molecule has 2 aliphatic rings. The lowest BCUT2D eigenvalue weighted by molar-refractivity contribution is -0.120. The molecule has 10 nitrogen and oxygen atoms in total. The quantitative estimate of drug-likeness (QED) is 0.451. The van der Waals surface area contributed by atoms with E-state index < -0.39 is 67.9 Å². The Kier molecular flexibility index (Phi) is 8.76. The number of aliphatic hydroxyl groups excluding tert-OH is 2. The van der Waals surface area contributed by atoms with E-state index in [9.17, 15) is 19.7 Å². The third-order valence-corrected chi connectivity index (χ3v) is 5.96. The lowest BCUT2D eigenvalue weighted by Crippen LogP contribution is -2.42. The molecule has 3 N–H and O–H groups in total. The number of rotatable bonds is 8. The first-order valence-corrected chi connectivity index (χ1v) is 12.1. The molecule has 11 heteroatoms. The van der Waals surface area contributed by atoms with Gasteiger partial charge in [0.2, 0.25) is 0 Å². The second-order valence-electron chi connectivity index (χ2n) is 10.2. The van der Waals surface area contributed by atoms with Gasteiger partial charge in [-0.15, -0.1) is 0 Å². The Morgan fingerprint density at radius 3 is 1.81 bits per heavy atom. The number of ether oxygens (including phenoxy) is 4. The van der Waals surface area contributed by atoms with Gasteiger partial charge in [-0.25, -0.2) is 4.57 Å². The first kappa shape index (κ1) is 27.1. The highest BCUT2D eigenvalue weighted by molar-refractivity contribution is 7.47. The van der Waals surface area contributed by atoms with E-state index in [1.54, 1.807) is 13.8 Å². The zero-order chi connectivity index (χ0) is 23.8. The maximum Gasteiger partial charge on any atom is 0.472 e. The maximum atomic E-state index is 12.6. The zero-order valence-corrected chi connectivity index (χ0v) is 20.6. The summed E-state index contributed by atoms with van der Waals surface area (Å²) >= 11 is 0. The lowest BCUT2D eigenvalue weighted by Gasteiger charge is -2.30. The van der Waals surface area contributed by atoms with Crippen molar-refractivity contribution in [1.29, 1.82) is 0 Å². The molecule has 2 saturated heterocycles. The average Bonchev–Trinajstić information content (AvgIpc) is 3.01. The van der Waals surface area contributed by atoms with Crippen molar-refractivity contribution in [3.63, 3.8) is 0 Å². The summed E-state index contributed by atoms with van der Waals surface area (Å²) in [6.45, 7) is 14.2. The van der Waals surface area contributed by atoms with Crippen LogP contribution in [0.4, 0.5) is 0 Å². The molecule has 184 valence electrons. The summed E-state index contributed by atoms with van der Waals surface area (Å²) in [5.41, 5.74) is -1.01. The van der Waals surface area contributed by atoms with Crippen molar-refractivity contribution in [1.82, 2.24) is 0 Å². The standard InChI is InChI=1S/C20H39O10P/c1-11-15(21)17(29-20(6,7)8)14(28-11)10-26-31(23,24)30-18-13(9-25-19(3,4)5)27-12(2)16(18)22/h11-18,21-22H,9-10H2,1-8H3,(H,23,24)/t11-,12-,13+,14+,15?,16?,17-,18-/m0/s1. The molecular formula is C20H39O10P. The Hall–Kier alpha value is -0.130. The molecule has 0 bridgehead atoms. The van der Waals surface area contributed by atoms with Crippen LogP contribution in [0.15, 0.2) is 0 Å². The van der Waals surface area contributed by atoms with Gasteiger partial charge in [-0.3, -0.25) is 9.05 Å². The Morgan fingerprint density at radius 2 is 1.32 bits per heavy atom. The predicted octanol–water partition coefficient (Wildman–Crippen LogP) is 1.78. The van der Waals surface area contributed by atoms with Gasteiger partial charge in [0.05, 0.1) is 36.6 Å². The van der Waals surface area contributed by atoms with Crippen molar-refractivity contribution in [3.05, 3.63) is 0 Å². The molecule has 0 saturated carbocycles. The van der Waals surface area contributed by atoms with Crippen LogP contribution in [0.3, 0.4) is 0 Å². The molecule has 0 amide bonds. The van der Waals surface area contributed by atoms with Crippen LogP contribution in [0.2, 0.25) is 0 Å². The predicted molar refractivity (Wildman–Crippen MR) is 112 cm³/mol. The molecule has 2 aliphatic heterocycles. The van der Waals surface area contributed by atoms with Gasteiger partial charge in [0.1, 0.15) is 36.6 Å². The third-order valence-electron chi connectivity index (χ3n) is 4.97. The van der Waals surface area contributed by atoms with Crippen molar-refractivity contribution in [2.24, 2.45) is 0 Å². The number of phosphoric ester groups is 1. The fourth-order valence-electron chi connectivity index (χ4n) is 3.48.